The Kier molecular flexibility index (Phi) is 4.53. The summed E-state index contributed by atoms with van der Waals surface area (Å²) in [6.07, 6.45) is 0. The minimum absolute atomic E-state index is 0.204. The van der Waals surface area contributed by atoms with Gasteiger partial charge in [-0.1, -0.05) is 35.9 Å². The molecule has 0 saturated heterocycles. The molecule has 0 aliphatic heterocycles. The summed E-state index contributed by atoms with van der Waals surface area (Å²) in [7, 11) is 0. The van der Waals surface area contributed by atoms with Crippen molar-refractivity contribution in [1.82, 2.24) is 9.78 Å². The fourth-order valence-electron chi connectivity index (χ4n) is 2.62. The Bertz CT molecular complexity index is 1050. The lowest BCUT2D eigenvalue weighted by Crippen LogP contribution is -2.34. The number of carbonyl (C=O) groups excluding carboxylic acids is 1. The molecule has 7 nitrogen and oxygen atoms in total. The van der Waals surface area contributed by atoms with Gasteiger partial charge < -0.3 is 10.4 Å². The minimum atomic E-state index is -1.26. The number of hydrogen-bond donors (Lipinski definition) is 2. The number of amides is 1. The monoisotopic (exact) mass is 351 g/mol. The van der Waals surface area contributed by atoms with Crippen molar-refractivity contribution in [2.45, 2.75) is 19.9 Å². The summed E-state index contributed by atoms with van der Waals surface area (Å²) in [5, 5.41) is 16.5. The molecular formula is C19H17N3O4. The van der Waals surface area contributed by atoms with Crippen LogP contribution in [0.1, 0.15) is 29.0 Å². The van der Waals surface area contributed by atoms with E-state index >= 15 is 0 Å². The summed E-state index contributed by atoms with van der Waals surface area (Å²) in [5.74, 6) is -1.73. The van der Waals surface area contributed by atoms with Crippen molar-refractivity contribution in [1.29, 1.82) is 0 Å². The number of nitrogens with zero attached hydrogens (tertiary/aromatic N) is 2. The Balaban J connectivity index is 2.02. The number of benzene rings is 2. The molecule has 1 amide bonds. The van der Waals surface area contributed by atoms with Crippen LogP contribution in [0.25, 0.3) is 10.8 Å². The molecule has 1 aromatic heterocycles. The topological polar surface area (TPSA) is 101 Å². The summed E-state index contributed by atoms with van der Waals surface area (Å²) in [6.45, 7) is 3.43. The molecule has 2 aromatic carbocycles. The summed E-state index contributed by atoms with van der Waals surface area (Å²) < 4.78 is 0.912. The number of nitrogens with one attached hydrogen (secondary N) is 1. The van der Waals surface area contributed by atoms with Gasteiger partial charge in [0.05, 0.1) is 5.39 Å². The van der Waals surface area contributed by atoms with Crippen molar-refractivity contribution in [3.63, 3.8) is 0 Å². The van der Waals surface area contributed by atoms with E-state index in [0.29, 0.717) is 5.69 Å². The van der Waals surface area contributed by atoms with E-state index in [1.807, 2.05) is 19.1 Å². The first-order valence-electron chi connectivity index (χ1n) is 8.01. The second-order valence-electron chi connectivity index (χ2n) is 5.98. The molecule has 1 heterocycles. The number of aryl methyl sites for hydroxylation is 1. The first-order valence-corrected chi connectivity index (χ1v) is 8.01. The van der Waals surface area contributed by atoms with Crippen LogP contribution in [0.4, 0.5) is 5.69 Å². The average molecular weight is 351 g/mol. The highest BCUT2D eigenvalue weighted by Gasteiger charge is 2.22. The van der Waals surface area contributed by atoms with Crippen LogP contribution < -0.4 is 10.9 Å². The number of aromatic carboxylic acids is 1. The lowest BCUT2D eigenvalue weighted by Gasteiger charge is -2.16. The van der Waals surface area contributed by atoms with E-state index in [-0.39, 0.29) is 16.5 Å². The number of carboxylic acid groups (broad SMARTS) is 1. The highest BCUT2D eigenvalue weighted by atomic mass is 16.4. The van der Waals surface area contributed by atoms with Gasteiger partial charge in [-0.05, 0) is 32.0 Å². The molecule has 0 aliphatic rings. The molecule has 1 atom stereocenters. The van der Waals surface area contributed by atoms with E-state index in [1.165, 1.54) is 19.1 Å². The molecule has 3 rings (SSSR count). The zero-order chi connectivity index (χ0) is 18.8. The van der Waals surface area contributed by atoms with Crippen molar-refractivity contribution in [3.8, 4) is 0 Å². The van der Waals surface area contributed by atoms with Crippen LogP contribution >= 0.6 is 0 Å². The van der Waals surface area contributed by atoms with Crippen molar-refractivity contribution >= 4 is 28.3 Å². The molecule has 0 bridgehead atoms. The third-order valence-corrected chi connectivity index (χ3v) is 4.10. The number of aromatic nitrogens is 2. The maximum Gasteiger partial charge on any atom is 0.357 e. The zero-order valence-electron chi connectivity index (χ0n) is 14.3. The molecular weight excluding hydrogens is 334 g/mol. The van der Waals surface area contributed by atoms with Gasteiger partial charge >= 0.3 is 5.97 Å². The number of rotatable bonds is 4. The lowest BCUT2D eigenvalue weighted by molar-refractivity contribution is -0.119. The molecule has 3 aromatic rings. The van der Waals surface area contributed by atoms with Crippen molar-refractivity contribution in [3.05, 3.63) is 70.1 Å². The quantitative estimate of drug-likeness (QED) is 0.752. The van der Waals surface area contributed by atoms with Gasteiger partial charge in [0.2, 0.25) is 5.91 Å². The minimum Gasteiger partial charge on any atom is -0.476 e. The Hall–Kier alpha value is -3.48. The van der Waals surface area contributed by atoms with Crippen molar-refractivity contribution in [2.75, 3.05) is 5.32 Å². The molecule has 0 spiro atoms. The molecule has 132 valence electrons. The van der Waals surface area contributed by atoms with Crippen LogP contribution in [0, 0.1) is 6.92 Å². The molecule has 7 heteroatoms. The number of hydrogen-bond acceptors (Lipinski definition) is 4. The first kappa shape index (κ1) is 17.3. The summed E-state index contributed by atoms with van der Waals surface area (Å²) in [4.78, 5) is 36.7. The third kappa shape index (κ3) is 3.19. The lowest BCUT2D eigenvalue weighted by atomic mass is 10.1. The maximum atomic E-state index is 12.7. The highest BCUT2D eigenvalue weighted by Crippen LogP contribution is 2.16. The SMILES string of the molecule is Cc1ccc(NC(=O)[C@@H](C)n2nc(C(=O)O)c3ccccc3c2=O)cc1. The number of carboxylic acids is 1. The number of fused-ring (bicyclic) bond motifs is 1. The molecule has 0 radical (unpaired) electrons. The predicted octanol–water partition coefficient (Wildman–Crippen LogP) is 2.60. The molecule has 26 heavy (non-hydrogen) atoms. The fraction of sp³-hybridized carbons (Fsp3) is 0.158. The van der Waals surface area contributed by atoms with Crippen LogP contribution in [-0.2, 0) is 4.79 Å². The Morgan fingerprint density at radius 2 is 1.69 bits per heavy atom. The van der Waals surface area contributed by atoms with E-state index in [4.69, 9.17) is 0 Å². The average Bonchev–Trinajstić information content (AvgIpc) is 2.63. The van der Waals surface area contributed by atoms with Gasteiger partial charge in [0.25, 0.3) is 5.56 Å². The van der Waals surface area contributed by atoms with Crippen molar-refractivity contribution in [2.24, 2.45) is 0 Å². The first-order chi connectivity index (χ1) is 12.4. The van der Waals surface area contributed by atoms with E-state index in [2.05, 4.69) is 10.4 Å². The molecule has 0 fully saturated rings. The van der Waals surface area contributed by atoms with Crippen LogP contribution in [0.15, 0.2) is 53.3 Å². The maximum absolute atomic E-state index is 12.7. The Morgan fingerprint density at radius 3 is 2.31 bits per heavy atom. The zero-order valence-corrected chi connectivity index (χ0v) is 14.3. The van der Waals surface area contributed by atoms with Crippen LogP contribution in [-0.4, -0.2) is 26.8 Å². The van der Waals surface area contributed by atoms with Crippen molar-refractivity contribution < 1.29 is 14.7 Å². The van der Waals surface area contributed by atoms with Gasteiger partial charge in [-0.3, -0.25) is 9.59 Å². The van der Waals surface area contributed by atoms with E-state index in [1.54, 1.807) is 24.3 Å². The van der Waals surface area contributed by atoms with Gasteiger partial charge in [0.15, 0.2) is 5.69 Å². The predicted molar refractivity (Wildman–Crippen MR) is 97.5 cm³/mol. The molecule has 0 unspecified atom stereocenters. The van der Waals surface area contributed by atoms with Gasteiger partial charge in [-0.25, -0.2) is 9.48 Å². The summed E-state index contributed by atoms with van der Waals surface area (Å²) in [6, 6.07) is 12.5. The van der Waals surface area contributed by atoms with Crippen LogP contribution in [0.5, 0.6) is 0 Å². The second kappa shape index (κ2) is 6.79. The van der Waals surface area contributed by atoms with E-state index in [9.17, 15) is 19.5 Å². The third-order valence-electron chi connectivity index (χ3n) is 4.10. The standard InChI is InChI=1S/C19H17N3O4/c1-11-7-9-13(10-8-11)20-17(23)12(2)22-18(24)15-6-4-3-5-14(15)16(21-22)19(25)26/h3-10,12H,1-2H3,(H,20,23)(H,25,26)/t12-/m1/s1. The molecule has 0 aliphatic carbocycles. The van der Waals surface area contributed by atoms with Crippen LogP contribution in [0.2, 0.25) is 0 Å². The van der Waals surface area contributed by atoms with E-state index in [0.717, 1.165) is 10.2 Å². The molecule has 0 saturated carbocycles. The van der Waals surface area contributed by atoms with Gasteiger partial charge in [0.1, 0.15) is 6.04 Å². The fourth-order valence-corrected chi connectivity index (χ4v) is 2.62. The largest absolute Gasteiger partial charge is 0.476 e. The van der Waals surface area contributed by atoms with Crippen LogP contribution in [0.3, 0.4) is 0 Å². The number of anilines is 1. The van der Waals surface area contributed by atoms with Gasteiger partial charge in [-0.15, -0.1) is 0 Å². The second-order valence-corrected chi connectivity index (χ2v) is 5.98. The summed E-state index contributed by atoms with van der Waals surface area (Å²) in [5.41, 5.74) is 0.849. The smallest absolute Gasteiger partial charge is 0.357 e. The molecule has 2 N–H and O–H groups in total. The van der Waals surface area contributed by atoms with Gasteiger partial charge in [0, 0.05) is 11.1 Å². The number of carbonyl (C=O) groups is 2. The van der Waals surface area contributed by atoms with Gasteiger partial charge in [-0.2, -0.15) is 5.10 Å². The Morgan fingerprint density at radius 1 is 1.08 bits per heavy atom. The summed E-state index contributed by atoms with van der Waals surface area (Å²) >= 11 is 0. The highest BCUT2D eigenvalue weighted by molar-refractivity contribution is 6.01. The van der Waals surface area contributed by atoms with E-state index < -0.39 is 23.5 Å². The normalized spacial score (nSPS) is 11.9. The Labute approximate surface area is 148 Å².